The van der Waals surface area contributed by atoms with Crippen LogP contribution in [0.25, 0.3) is 28.5 Å². The molecule has 0 amide bonds. The van der Waals surface area contributed by atoms with Gasteiger partial charge in [-0.25, -0.2) is 41.5 Å². The van der Waals surface area contributed by atoms with Crippen molar-refractivity contribution in [3.05, 3.63) is 36.3 Å². The van der Waals surface area contributed by atoms with E-state index in [-0.39, 0.29) is 39.1 Å². The molecule has 4 aromatic rings. The van der Waals surface area contributed by atoms with Crippen LogP contribution in [0, 0.1) is 0 Å². The highest BCUT2D eigenvalue weighted by atomic mass is 32.2. The fourth-order valence-electron chi connectivity index (χ4n) is 3.10. The Morgan fingerprint density at radius 3 is 2.35 bits per heavy atom. The van der Waals surface area contributed by atoms with Crippen LogP contribution in [0.15, 0.2) is 40.8 Å². The lowest BCUT2D eigenvalue weighted by atomic mass is 10.2. The molecule has 4 rings (SSSR count). The number of pyridine rings is 2. The topological polar surface area (TPSA) is 143 Å². The van der Waals surface area contributed by atoms with Gasteiger partial charge in [-0.05, 0) is 18.2 Å². The summed E-state index contributed by atoms with van der Waals surface area (Å²) in [7, 11) is -6.09. The lowest BCUT2D eigenvalue weighted by molar-refractivity contribution is -0.137. The van der Waals surface area contributed by atoms with Gasteiger partial charge in [0.05, 0.1) is 16.2 Å². The summed E-state index contributed by atoms with van der Waals surface area (Å²) in [6.07, 6.45) is -1.98. The number of hydrogen-bond acceptors (Lipinski definition) is 9. The molecule has 16 heteroatoms. The van der Waals surface area contributed by atoms with E-state index in [1.165, 1.54) is 30.7 Å². The summed E-state index contributed by atoms with van der Waals surface area (Å²) >= 11 is 0. The molecule has 0 spiro atoms. The first kappa shape index (κ1) is 23.7. The number of sulfone groups is 2. The molecule has 0 aliphatic rings. The van der Waals surface area contributed by atoms with Gasteiger partial charge in [0.1, 0.15) is 17.5 Å². The minimum atomic E-state index is -4.64. The van der Waals surface area contributed by atoms with Crippen LogP contribution < -0.4 is 0 Å². The summed E-state index contributed by atoms with van der Waals surface area (Å²) in [6, 6.07) is 3.35. The Hall–Kier alpha value is -3.40. The molecule has 0 aromatic carbocycles. The molecule has 0 saturated heterocycles. The Morgan fingerprint density at radius 1 is 1.06 bits per heavy atom. The predicted octanol–water partition coefficient (Wildman–Crippen LogP) is 1.83. The zero-order chi connectivity index (χ0) is 25.1. The number of hydrogen-bond donors (Lipinski definition) is 0. The van der Waals surface area contributed by atoms with Gasteiger partial charge in [0.15, 0.2) is 27.1 Å². The minimum absolute atomic E-state index is 0.0171. The molecule has 0 fully saturated rings. The molecule has 4 aromatic heterocycles. The third-order valence-electron chi connectivity index (χ3n) is 4.84. The first-order valence-corrected chi connectivity index (χ1v) is 13.0. The van der Waals surface area contributed by atoms with Gasteiger partial charge in [-0.1, -0.05) is 6.92 Å². The van der Waals surface area contributed by atoms with Crippen LogP contribution in [0.5, 0.6) is 0 Å². The Morgan fingerprint density at radius 2 is 1.76 bits per heavy atom. The molecule has 0 radical (unpaired) electrons. The van der Waals surface area contributed by atoms with Crippen molar-refractivity contribution in [2.24, 2.45) is 7.05 Å². The van der Waals surface area contributed by atoms with Crippen molar-refractivity contribution in [2.75, 3.05) is 12.0 Å². The van der Waals surface area contributed by atoms with Crippen LogP contribution in [0.3, 0.4) is 0 Å². The van der Waals surface area contributed by atoms with E-state index in [9.17, 15) is 30.0 Å². The van der Waals surface area contributed by atoms with E-state index in [1.54, 1.807) is 0 Å². The zero-order valence-electron chi connectivity index (χ0n) is 17.8. The standard InChI is InChI=1S/C18H16F3N7O4S2/c1-4-34(31,32)12-5-6-13(28-9-23-17(26-28)33(3,29)30)25-14(12)16-24-11-7-10(18(19,20)21)8-22-15(11)27(16)2/h5-9H,4H2,1-3H3. The average molecular weight is 515 g/mol. The molecule has 0 N–H and O–H groups in total. The second-order valence-electron chi connectivity index (χ2n) is 7.22. The van der Waals surface area contributed by atoms with Gasteiger partial charge >= 0.3 is 6.18 Å². The molecule has 34 heavy (non-hydrogen) atoms. The Labute approximate surface area is 191 Å². The SMILES string of the molecule is CCS(=O)(=O)c1ccc(-n2cnc(S(C)(=O)=O)n2)nc1-c1nc2cc(C(F)(F)F)cnc2n1C. The monoisotopic (exact) mass is 515 g/mol. The predicted molar refractivity (Wildman–Crippen MR) is 112 cm³/mol. The molecule has 4 heterocycles. The summed E-state index contributed by atoms with van der Waals surface area (Å²) in [5.41, 5.74) is -1.21. The number of fused-ring (bicyclic) bond motifs is 1. The van der Waals surface area contributed by atoms with Crippen LogP contribution in [0.2, 0.25) is 0 Å². The quantitative estimate of drug-likeness (QED) is 0.389. The number of rotatable bonds is 5. The number of aromatic nitrogens is 7. The maximum Gasteiger partial charge on any atom is 0.417 e. The highest BCUT2D eigenvalue weighted by Gasteiger charge is 2.32. The molecular formula is C18H16F3N7O4S2. The molecule has 0 aliphatic carbocycles. The van der Waals surface area contributed by atoms with Crippen molar-refractivity contribution in [3.63, 3.8) is 0 Å². The summed E-state index contributed by atoms with van der Waals surface area (Å²) in [6.45, 7) is 1.43. The summed E-state index contributed by atoms with van der Waals surface area (Å²) in [5.74, 6) is -0.314. The molecule has 0 saturated carbocycles. The first-order valence-electron chi connectivity index (χ1n) is 9.48. The van der Waals surface area contributed by atoms with Crippen molar-refractivity contribution in [3.8, 4) is 17.3 Å². The van der Waals surface area contributed by atoms with E-state index in [2.05, 4.69) is 25.0 Å². The van der Waals surface area contributed by atoms with E-state index in [1.807, 2.05) is 0 Å². The molecule has 0 aliphatic heterocycles. The van der Waals surface area contributed by atoms with Crippen LogP contribution in [-0.2, 0) is 32.9 Å². The number of alkyl halides is 3. The second-order valence-corrected chi connectivity index (χ2v) is 11.4. The van der Waals surface area contributed by atoms with Crippen molar-refractivity contribution in [1.82, 2.24) is 34.3 Å². The van der Waals surface area contributed by atoms with Crippen LogP contribution in [0.4, 0.5) is 13.2 Å². The van der Waals surface area contributed by atoms with Crippen molar-refractivity contribution < 1.29 is 30.0 Å². The zero-order valence-corrected chi connectivity index (χ0v) is 19.4. The van der Waals surface area contributed by atoms with Gasteiger partial charge in [0.25, 0.3) is 5.16 Å². The average Bonchev–Trinajstić information content (AvgIpc) is 3.38. The lowest BCUT2D eigenvalue weighted by Crippen LogP contribution is -2.11. The lowest BCUT2D eigenvalue weighted by Gasteiger charge is -2.10. The van der Waals surface area contributed by atoms with Crippen LogP contribution in [-0.4, -0.2) is 63.1 Å². The highest BCUT2D eigenvalue weighted by Crippen LogP contribution is 2.33. The Balaban J connectivity index is 1.97. The summed E-state index contributed by atoms with van der Waals surface area (Å²) in [4.78, 5) is 15.8. The van der Waals surface area contributed by atoms with Crippen molar-refractivity contribution in [2.45, 2.75) is 23.2 Å². The van der Waals surface area contributed by atoms with Crippen LogP contribution in [0.1, 0.15) is 12.5 Å². The number of imidazole rings is 1. The highest BCUT2D eigenvalue weighted by molar-refractivity contribution is 7.91. The molecule has 0 unspecified atom stereocenters. The molecule has 0 atom stereocenters. The smallest absolute Gasteiger partial charge is 0.310 e. The maximum atomic E-state index is 13.1. The van der Waals surface area contributed by atoms with Gasteiger partial charge in [-0.15, -0.1) is 5.10 Å². The van der Waals surface area contributed by atoms with Gasteiger partial charge in [0, 0.05) is 19.5 Å². The van der Waals surface area contributed by atoms with Gasteiger partial charge in [0.2, 0.25) is 9.84 Å². The van der Waals surface area contributed by atoms with Crippen molar-refractivity contribution in [1.29, 1.82) is 0 Å². The van der Waals surface area contributed by atoms with E-state index >= 15 is 0 Å². The molecule has 0 bridgehead atoms. The molecule has 11 nitrogen and oxygen atoms in total. The third-order valence-corrected chi connectivity index (χ3v) is 7.45. The van der Waals surface area contributed by atoms with E-state index in [0.717, 1.165) is 23.3 Å². The first-order chi connectivity index (χ1) is 15.7. The largest absolute Gasteiger partial charge is 0.417 e. The number of aryl methyl sites for hydroxylation is 1. The molecule has 180 valence electrons. The number of nitrogens with zero attached hydrogens (tertiary/aromatic N) is 7. The fraction of sp³-hybridized carbons (Fsp3) is 0.278. The van der Waals surface area contributed by atoms with Crippen molar-refractivity contribution >= 4 is 30.8 Å². The number of halogens is 3. The summed E-state index contributed by atoms with van der Waals surface area (Å²) in [5, 5.41) is 3.38. The van der Waals surface area contributed by atoms with Gasteiger partial charge in [-0.3, -0.25) is 0 Å². The Kier molecular flexibility index (Phi) is 5.47. The fourth-order valence-corrected chi connectivity index (χ4v) is 4.59. The minimum Gasteiger partial charge on any atom is -0.310 e. The normalized spacial score (nSPS) is 13.0. The second kappa shape index (κ2) is 7.83. The third kappa shape index (κ3) is 4.13. The van der Waals surface area contributed by atoms with Gasteiger partial charge < -0.3 is 4.57 Å². The Bertz CT molecular complexity index is 1640. The van der Waals surface area contributed by atoms with E-state index in [0.29, 0.717) is 6.20 Å². The summed E-state index contributed by atoms with van der Waals surface area (Å²) < 4.78 is 90.6. The van der Waals surface area contributed by atoms with E-state index in [4.69, 9.17) is 0 Å². The van der Waals surface area contributed by atoms with Gasteiger partial charge in [-0.2, -0.15) is 13.2 Å². The molecular weight excluding hydrogens is 499 g/mol. The van der Waals surface area contributed by atoms with Crippen LogP contribution >= 0.6 is 0 Å². The maximum absolute atomic E-state index is 13.1. The van der Waals surface area contributed by atoms with E-state index < -0.39 is 36.6 Å².